The van der Waals surface area contributed by atoms with E-state index in [1.165, 1.54) is 24.4 Å². The molecule has 1 aromatic carbocycles. The SMILES string of the molecule is O=S(=O)(Nc1ncccc1Cl)c1ccc(Cl)c(Br)c1. The first kappa shape index (κ1) is 14.6. The van der Waals surface area contributed by atoms with Crippen molar-refractivity contribution < 1.29 is 8.42 Å². The molecular weight excluding hydrogens is 375 g/mol. The molecule has 0 atom stereocenters. The van der Waals surface area contributed by atoms with Crippen LogP contribution in [-0.2, 0) is 10.0 Å². The standard InChI is InChI=1S/C11H7BrCl2N2O2S/c12-8-6-7(3-4-9(8)13)19(17,18)16-11-10(14)2-1-5-15-11/h1-6H,(H,15,16). The van der Waals surface area contributed by atoms with Crippen molar-refractivity contribution in [3.05, 3.63) is 51.0 Å². The van der Waals surface area contributed by atoms with Gasteiger partial charge in [-0.15, -0.1) is 0 Å². The van der Waals surface area contributed by atoms with Crippen LogP contribution >= 0.6 is 39.1 Å². The molecule has 8 heteroatoms. The van der Waals surface area contributed by atoms with Crippen LogP contribution in [0.2, 0.25) is 10.0 Å². The van der Waals surface area contributed by atoms with Crippen LogP contribution in [0.4, 0.5) is 5.82 Å². The third kappa shape index (κ3) is 3.39. The van der Waals surface area contributed by atoms with Crippen LogP contribution in [0.15, 0.2) is 45.9 Å². The molecule has 0 bridgehead atoms. The monoisotopic (exact) mass is 380 g/mol. The number of aromatic nitrogens is 1. The molecule has 19 heavy (non-hydrogen) atoms. The number of pyridine rings is 1. The predicted octanol–water partition coefficient (Wildman–Crippen LogP) is 3.95. The normalized spacial score (nSPS) is 11.3. The van der Waals surface area contributed by atoms with E-state index >= 15 is 0 Å². The summed E-state index contributed by atoms with van der Waals surface area (Å²) in [5, 5.41) is 0.647. The maximum atomic E-state index is 12.1. The molecule has 2 aromatic rings. The summed E-state index contributed by atoms with van der Waals surface area (Å²) in [7, 11) is -3.76. The van der Waals surface area contributed by atoms with Gasteiger partial charge in [0.05, 0.1) is 14.9 Å². The van der Waals surface area contributed by atoms with Gasteiger partial charge >= 0.3 is 0 Å². The molecule has 0 radical (unpaired) electrons. The van der Waals surface area contributed by atoms with Gasteiger partial charge in [0.15, 0.2) is 5.82 Å². The first-order valence-corrected chi connectivity index (χ1v) is 8.02. The van der Waals surface area contributed by atoms with Gasteiger partial charge in [-0.25, -0.2) is 13.4 Å². The lowest BCUT2D eigenvalue weighted by molar-refractivity contribution is 0.601. The van der Waals surface area contributed by atoms with Crippen molar-refractivity contribution in [2.45, 2.75) is 4.90 Å². The Morgan fingerprint density at radius 1 is 1.16 bits per heavy atom. The van der Waals surface area contributed by atoms with Crippen molar-refractivity contribution in [1.29, 1.82) is 0 Å². The zero-order chi connectivity index (χ0) is 14.0. The predicted molar refractivity (Wildman–Crippen MR) is 79.2 cm³/mol. The zero-order valence-electron chi connectivity index (χ0n) is 9.27. The number of sulfonamides is 1. The summed E-state index contributed by atoms with van der Waals surface area (Å²) < 4.78 is 27.1. The van der Waals surface area contributed by atoms with Crippen LogP contribution in [0.5, 0.6) is 0 Å². The van der Waals surface area contributed by atoms with Crippen LogP contribution in [0, 0.1) is 0 Å². The molecule has 0 saturated carbocycles. The largest absolute Gasteiger partial charge is 0.263 e. The van der Waals surface area contributed by atoms with E-state index in [-0.39, 0.29) is 15.7 Å². The second-order valence-corrected chi connectivity index (χ2v) is 6.87. The number of benzene rings is 1. The Bertz CT molecular complexity index is 722. The molecule has 4 nitrogen and oxygen atoms in total. The first-order chi connectivity index (χ1) is 8.90. The average Bonchev–Trinajstić information content (AvgIpc) is 2.35. The Morgan fingerprint density at radius 2 is 1.89 bits per heavy atom. The topological polar surface area (TPSA) is 59.1 Å². The van der Waals surface area contributed by atoms with Crippen molar-refractivity contribution in [1.82, 2.24) is 4.98 Å². The summed E-state index contributed by atoms with van der Waals surface area (Å²) in [6, 6.07) is 7.44. The second-order valence-electron chi connectivity index (χ2n) is 3.52. The highest BCUT2D eigenvalue weighted by molar-refractivity contribution is 9.10. The van der Waals surface area contributed by atoms with Crippen molar-refractivity contribution >= 4 is 55.0 Å². The molecule has 1 heterocycles. The lowest BCUT2D eigenvalue weighted by Gasteiger charge is -2.09. The molecule has 0 unspecified atom stereocenters. The summed E-state index contributed by atoms with van der Waals surface area (Å²) in [6.45, 7) is 0. The fourth-order valence-corrected chi connectivity index (χ4v) is 3.22. The molecule has 0 saturated heterocycles. The number of rotatable bonds is 3. The van der Waals surface area contributed by atoms with E-state index in [4.69, 9.17) is 23.2 Å². The van der Waals surface area contributed by atoms with Crippen LogP contribution in [-0.4, -0.2) is 13.4 Å². The summed E-state index contributed by atoms with van der Waals surface area (Å²) in [5.41, 5.74) is 0. The summed E-state index contributed by atoms with van der Waals surface area (Å²) in [4.78, 5) is 3.93. The number of halogens is 3. The van der Waals surface area contributed by atoms with E-state index in [9.17, 15) is 8.42 Å². The lowest BCUT2D eigenvalue weighted by atomic mass is 10.4. The van der Waals surface area contributed by atoms with Crippen molar-refractivity contribution in [3.8, 4) is 0 Å². The third-order valence-corrected chi connectivity index (χ3v) is 5.05. The van der Waals surface area contributed by atoms with Gasteiger partial charge in [-0.1, -0.05) is 23.2 Å². The Morgan fingerprint density at radius 3 is 2.53 bits per heavy atom. The minimum absolute atomic E-state index is 0.0606. The Hall–Kier alpha value is -0.820. The molecule has 2 rings (SSSR count). The molecule has 0 amide bonds. The van der Waals surface area contributed by atoms with Gasteiger partial charge in [-0.3, -0.25) is 4.72 Å². The van der Waals surface area contributed by atoms with Gasteiger partial charge < -0.3 is 0 Å². The fourth-order valence-electron chi connectivity index (χ4n) is 1.29. The molecule has 1 aromatic heterocycles. The molecular formula is C11H7BrCl2N2O2S. The highest BCUT2D eigenvalue weighted by atomic mass is 79.9. The molecule has 100 valence electrons. The highest BCUT2D eigenvalue weighted by Crippen LogP contribution is 2.27. The Balaban J connectivity index is 2.38. The van der Waals surface area contributed by atoms with Gasteiger partial charge in [0.1, 0.15) is 0 Å². The summed E-state index contributed by atoms with van der Waals surface area (Å²) in [6.07, 6.45) is 1.45. The van der Waals surface area contributed by atoms with Crippen LogP contribution in [0.3, 0.4) is 0 Å². The summed E-state index contributed by atoms with van der Waals surface area (Å²) in [5.74, 6) is 0.0789. The van der Waals surface area contributed by atoms with Gasteiger partial charge in [-0.2, -0.15) is 0 Å². The van der Waals surface area contributed by atoms with E-state index in [1.807, 2.05) is 0 Å². The van der Waals surface area contributed by atoms with Crippen molar-refractivity contribution in [2.24, 2.45) is 0 Å². The molecule has 0 aliphatic rings. The highest BCUT2D eigenvalue weighted by Gasteiger charge is 2.17. The van der Waals surface area contributed by atoms with E-state index in [2.05, 4.69) is 25.6 Å². The number of anilines is 1. The second kappa shape index (κ2) is 5.66. The van der Waals surface area contributed by atoms with Gasteiger partial charge in [0, 0.05) is 10.7 Å². The number of nitrogens with one attached hydrogen (secondary N) is 1. The smallest absolute Gasteiger partial charge is 0.262 e. The molecule has 0 spiro atoms. The lowest BCUT2D eigenvalue weighted by Crippen LogP contribution is -2.14. The van der Waals surface area contributed by atoms with Crippen molar-refractivity contribution in [2.75, 3.05) is 4.72 Å². The van der Waals surface area contributed by atoms with E-state index in [1.54, 1.807) is 12.1 Å². The third-order valence-electron chi connectivity index (χ3n) is 2.19. The molecule has 0 aliphatic carbocycles. The number of hydrogen-bond donors (Lipinski definition) is 1. The van der Waals surface area contributed by atoms with E-state index in [0.717, 1.165) is 0 Å². The zero-order valence-corrected chi connectivity index (χ0v) is 13.2. The average molecular weight is 382 g/mol. The maximum absolute atomic E-state index is 12.1. The minimum Gasteiger partial charge on any atom is -0.262 e. The Kier molecular flexibility index (Phi) is 4.35. The Labute approximate surface area is 128 Å². The molecule has 0 fully saturated rings. The molecule has 0 aliphatic heterocycles. The van der Waals surface area contributed by atoms with Crippen LogP contribution < -0.4 is 4.72 Å². The van der Waals surface area contributed by atoms with Crippen molar-refractivity contribution in [3.63, 3.8) is 0 Å². The molecule has 1 N–H and O–H groups in total. The van der Waals surface area contributed by atoms with Gasteiger partial charge in [0.25, 0.3) is 10.0 Å². The number of nitrogens with zero attached hydrogens (tertiary/aromatic N) is 1. The fraction of sp³-hybridized carbons (Fsp3) is 0. The summed E-state index contributed by atoms with van der Waals surface area (Å²) >= 11 is 14.8. The quantitative estimate of drug-likeness (QED) is 0.875. The van der Waals surface area contributed by atoms with Crippen LogP contribution in [0.1, 0.15) is 0 Å². The van der Waals surface area contributed by atoms with E-state index < -0.39 is 10.0 Å². The van der Waals surface area contributed by atoms with E-state index in [0.29, 0.717) is 9.50 Å². The maximum Gasteiger partial charge on any atom is 0.263 e. The minimum atomic E-state index is -3.76. The number of hydrogen-bond acceptors (Lipinski definition) is 3. The van der Waals surface area contributed by atoms with Gasteiger partial charge in [0.2, 0.25) is 0 Å². The first-order valence-electron chi connectivity index (χ1n) is 4.98. The van der Waals surface area contributed by atoms with Gasteiger partial charge in [-0.05, 0) is 46.3 Å². The van der Waals surface area contributed by atoms with Crippen LogP contribution in [0.25, 0.3) is 0 Å².